The van der Waals surface area contributed by atoms with E-state index in [0.717, 1.165) is 46.8 Å². The second-order valence-corrected chi connectivity index (χ2v) is 5.55. The van der Waals surface area contributed by atoms with Gasteiger partial charge in [-0.2, -0.15) is 4.98 Å². The molecule has 6 heteroatoms. The standard InChI is InChI=1S/C16H17N3O3/c1-9-12-7-11(20-2)3-4-13(12)17-14(9)16-18-15(19-22-16)10-5-6-21-8-10/h3-4,7,10,17H,5-6,8H2,1-2H3/t10-/m1/s1. The Morgan fingerprint density at radius 2 is 2.27 bits per heavy atom. The molecule has 1 N–H and O–H groups in total. The van der Waals surface area contributed by atoms with Crippen LogP contribution in [0.25, 0.3) is 22.5 Å². The van der Waals surface area contributed by atoms with Crippen LogP contribution in [-0.2, 0) is 4.74 Å². The Balaban J connectivity index is 1.75. The van der Waals surface area contributed by atoms with Gasteiger partial charge in [0.2, 0.25) is 0 Å². The molecule has 114 valence electrons. The van der Waals surface area contributed by atoms with Crippen molar-refractivity contribution in [2.24, 2.45) is 0 Å². The summed E-state index contributed by atoms with van der Waals surface area (Å²) in [4.78, 5) is 7.89. The van der Waals surface area contributed by atoms with Gasteiger partial charge in [-0.05, 0) is 37.1 Å². The lowest BCUT2D eigenvalue weighted by molar-refractivity contribution is 0.192. The molecule has 1 aromatic carbocycles. The fraction of sp³-hybridized carbons (Fsp3) is 0.375. The molecule has 0 spiro atoms. The number of nitrogens with zero attached hydrogens (tertiary/aromatic N) is 2. The zero-order chi connectivity index (χ0) is 15.1. The van der Waals surface area contributed by atoms with Crippen molar-refractivity contribution < 1.29 is 14.0 Å². The van der Waals surface area contributed by atoms with Crippen LogP contribution in [0, 0.1) is 6.92 Å². The fourth-order valence-corrected chi connectivity index (χ4v) is 2.89. The number of fused-ring (bicyclic) bond motifs is 1. The number of methoxy groups -OCH3 is 1. The molecule has 22 heavy (non-hydrogen) atoms. The predicted octanol–water partition coefficient (Wildman–Crippen LogP) is 3.04. The average Bonchev–Trinajstić information content (AvgIpc) is 3.26. The van der Waals surface area contributed by atoms with Gasteiger partial charge in [-0.1, -0.05) is 5.16 Å². The highest BCUT2D eigenvalue weighted by molar-refractivity contribution is 5.90. The lowest BCUT2D eigenvalue weighted by atomic mass is 10.1. The molecule has 4 rings (SSSR count). The molecule has 1 aliphatic heterocycles. The van der Waals surface area contributed by atoms with Gasteiger partial charge >= 0.3 is 0 Å². The molecule has 1 fully saturated rings. The highest BCUT2D eigenvalue weighted by Crippen LogP contribution is 2.32. The summed E-state index contributed by atoms with van der Waals surface area (Å²) in [5.74, 6) is 2.32. The summed E-state index contributed by atoms with van der Waals surface area (Å²) >= 11 is 0. The molecule has 3 heterocycles. The molecule has 1 saturated heterocycles. The van der Waals surface area contributed by atoms with Crippen molar-refractivity contribution in [3.8, 4) is 17.3 Å². The smallest absolute Gasteiger partial charge is 0.274 e. The Morgan fingerprint density at radius 3 is 3.05 bits per heavy atom. The van der Waals surface area contributed by atoms with Crippen LogP contribution in [0.15, 0.2) is 22.7 Å². The van der Waals surface area contributed by atoms with Gasteiger partial charge in [0.15, 0.2) is 5.82 Å². The predicted molar refractivity (Wildman–Crippen MR) is 81.1 cm³/mol. The number of hydrogen-bond acceptors (Lipinski definition) is 5. The fourth-order valence-electron chi connectivity index (χ4n) is 2.89. The van der Waals surface area contributed by atoms with Gasteiger partial charge in [-0.25, -0.2) is 0 Å². The normalized spacial score (nSPS) is 18.2. The van der Waals surface area contributed by atoms with E-state index in [-0.39, 0.29) is 5.92 Å². The second-order valence-electron chi connectivity index (χ2n) is 5.55. The van der Waals surface area contributed by atoms with Crippen LogP contribution in [0.3, 0.4) is 0 Å². The van der Waals surface area contributed by atoms with Crippen LogP contribution in [0.5, 0.6) is 5.75 Å². The number of nitrogens with one attached hydrogen (secondary N) is 1. The molecule has 0 amide bonds. The van der Waals surface area contributed by atoms with Crippen molar-refractivity contribution in [3.63, 3.8) is 0 Å². The van der Waals surface area contributed by atoms with Gasteiger partial charge in [-0.15, -0.1) is 0 Å². The Morgan fingerprint density at radius 1 is 1.36 bits per heavy atom. The van der Waals surface area contributed by atoms with Gasteiger partial charge in [0.1, 0.15) is 11.4 Å². The molecule has 0 bridgehead atoms. The third-order valence-corrected chi connectivity index (χ3v) is 4.22. The molecule has 3 aromatic rings. The number of aromatic amines is 1. The van der Waals surface area contributed by atoms with Gasteiger partial charge in [-0.3, -0.25) is 0 Å². The zero-order valence-electron chi connectivity index (χ0n) is 12.5. The number of rotatable bonds is 3. The molecule has 0 saturated carbocycles. The summed E-state index contributed by atoms with van der Waals surface area (Å²) in [5.41, 5.74) is 2.96. The van der Waals surface area contributed by atoms with Crippen LogP contribution < -0.4 is 4.74 Å². The summed E-state index contributed by atoms with van der Waals surface area (Å²) in [6.45, 7) is 3.47. The van der Waals surface area contributed by atoms with Crippen molar-refractivity contribution in [3.05, 3.63) is 29.6 Å². The SMILES string of the molecule is COc1ccc2[nH]c(-c3nc([C@@H]4CCOC4)no3)c(C)c2c1. The number of aryl methyl sites for hydroxylation is 1. The minimum absolute atomic E-state index is 0.238. The first kappa shape index (κ1) is 13.3. The summed E-state index contributed by atoms with van der Waals surface area (Å²) < 4.78 is 16.1. The van der Waals surface area contributed by atoms with Crippen LogP contribution >= 0.6 is 0 Å². The maximum atomic E-state index is 5.45. The van der Waals surface area contributed by atoms with Crippen LogP contribution in [0.2, 0.25) is 0 Å². The van der Waals surface area contributed by atoms with Crippen molar-refractivity contribution >= 4 is 10.9 Å². The van der Waals surface area contributed by atoms with Crippen molar-refractivity contribution in [2.45, 2.75) is 19.3 Å². The third-order valence-electron chi connectivity index (χ3n) is 4.22. The van der Waals surface area contributed by atoms with E-state index in [9.17, 15) is 0 Å². The maximum Gasteiger partial charge on any atom is 0.274 e. The van der Waals surface area contributed by atoms with Crippen LogP contribution in [0.1, 0.15) is 23.7 Å². The van der Waals surface area contributed by atoms with E-state index in [1.807, 2.05) is 25.1 Å². The summed E-state index contributed by atoms with van der Waals surface area (Å²) in [6.07, 6.45) is 0.946. The summed E-state index contributed by atoms with van der Waals surface area (Å²) in [7, 11) is 1.66. The number of hydrogen-bond donors (Lipinski definition) is 1. The third kappa shape index (κ3) is 2.07. The van der Waals surface area contributed by atoms with E-state index in [0.29, 0.717) is 12.5 Å². The van der Waals surface area contributed by atoms with E-state index in [1.165, 1.54) is 0 Å². The van der Waals surface area contributed by atoms with Gasteiger partial charge < -0.3 is 19.0 Å². The van der Waals surface area contributed by atoms with Crippen molar-refractivity contribution in [1.29, 1.82) is 0 Å². The van der Waals surface area contributed by atoms with E-state index in [2.05, 4.69) is 15.1 Å². The first-order valence-corrected chi connectivity index (χ1v) is 7.34. The Bertz CT molecular complexity index is 815. The molecular formula is C16H17N3O3. The highest BCUT2D eigenvalue weighted by atomic mass is 16.5. The van der Waals surface area contributed by atoms with Crippen molar-refractivity contribution in [1.82, 2.24) is 15.1 Å². The van der Waals surface area contributed by atoms with Gasteiger partial charge in [0.05, 0.1) is 13.7 Å². The molecule has 1 aliphatic rings. The lowest BCUT2D eigenvalue weighted by Gasteiger charge is -1.99. The Kier molecular flexibility index (Phi) is 3.11. The molecule has 0 aliphatic carbocycles. The Labute approximate surface area is 127 Å². The highest BCUT2D eigenvalue weighted by Gasteiger charge is 2.24. The van der Waals surface area contributed by atoms with Gasteiger partial charge in [0, 0.05) is 23.4 Å². The number of H-pyrrole nitrogens is 1. The Hall–Kier alpha value is -2.34. The van der Waals surface area contributed by atoms with Crippen LogP contribution in [0.4, 0.5) is 0 Å². The largest absolute Gasteiger partial charge is 0.497 e. The van der Waals surface area contributed by atoms with E-state index >= 15 is 0 Å². The molecule has 0 unspecified atom stereocenters. The average molecular weight is 299 g/mol. The maximum absolute atomic E-state index is 5.45. The molecule has 2 aromatic heterocycles. The van der Waals surface area contributed by atoms with E-state index in [1.54, 1.807) is 7.11 Å². The quantitative estimate of drug-likeness (QED) is 0.804. The minimum atomic E-state index is 0.238. The number of aromatic nitrogens is 3. The first-order valence-electron chi connectivity index (χ1n) is 7.34. The molecule has 6 nitrogen and oxygen atoms in total. The first-order chi connectivity index (χ1) is 10.8. The van der Waals surface area contributed by atoms with E-state index < -0.39 is 0 Å². The number of benzene rings is 1. The summed E-state index contributed by atoms with van der Waals surface area (Å²) in [5, 5.41) is 5.20. The summed E-state index contributed by atoms with van der Waals surface area (Å²) in [6, 6.07) is 5.93. The second kappa shape index (κ2) is 5.14. The molecular weight excluding hydrogens is 282 g/mol. The van der Waals surface area contributed by atoms with Crippen molar-refractivity contribution in [2.75, 3.05) is 20.3 Å². The monoisotopic (exact) mass is 299 g/mol. The molecule has 1 atom stereocenters. The lowest BCUT2D eigenvalue weighted by Crippen LogP contribution is -1.99. The van der Waals surface area contributed by atoms with Crippen LogP contribution in [-0.4, -0.2) is 35.4 Å². The minimum Gasteiger partial charge on any atom is -0.497 e. The van der Waals surface area contributed by atoms with Gasteiger partial charge in [0.25, 0.3) is 5.89 Å². The topological polar surface area (TPSA) is 73.2 Å². The van der Waals surface area contributed by atoms with E-state index in [4.69, 9.17) is 14.0 Å². The molecule has 0 radical (unpaired) electrons. The number of ether oxygens (including phenoxy) is 2. The zero-order valence-corrected chi connectivity index (χ0v) is 12.5.